The summed E-state index contributed by atoms with van der Waals surface area (Å²) in [4.78, 5) is 27.4. The number of Topliss-reactive ketones (excluding diaryl/α,β-unsaturated/α-hetero) is 1. The molecule has 15 heavy (non-hydrogen) atoms. The molecule has 1 saturated heterocycles. The average Bonchev–Trinajstić information content (AvgIpc) is 2.20. The number of hydrogen-bond acceptors (Lipinski definition) is 3. The van der Waals surface area contributed by atoms with Crippen LogP contribution in [0.3, 0.4) is 0 Å². The number of carbonyl (C=O) groups is 2. The van der Waals surface area contributed by atoms with E-state index < -0.39 is 0 Å². The van der Waals surface area contributed by atoms with E-state index in [2.05, 4.69) is 0 Å². The molecule has 1 heterocycles. The van der Waals surface area contributed by atoms with Crippen molar-refractivity contribution in [2.24, 2.45) is 0 Å². The molecule has 78 valence electrons. The molecule has 0 aliphatic carbocycles. The average molecular weight is 226 g/mol. The normalized spacial score (nSPS) is 17.0. The number of benzene rings is 1. The molecule has 0 radical (unpaired) electrons. The van der Waals surface area contributed by atoms with E-state index in [9.17, 15) is 9.59 Å². The van der Waals surface area contributed by atoms with Crippen molar-refractivity contribution >= 4 is 29.0 Å². The van der Waals surface area contributed by atoms with Crippen LogP contribution in [0.5, 0.6) is 0 Å². The van der Waals surface area contributed by atoms with E-state index in [4.69, 9.17) is 16.4 Å². The van der Waals surface area contributed by atoms with Crippen LogP contribution in [0.15, 0.2) is 24.3 Å². The van der Waals surface area contributed by atoms with Gasteiger partial charge in [-0.05, 0) is 12.1 Å². The quantitative estimate of drug-likeness (QED) is 0.682. The number of para-hydroxylation sites is 1. The van der Waals surface area contributed by atoms with Gasteiger partial charge < -0.3 is 0 Å². The lowest BCUT2D eigenvalue weighted by Crippen LogP contribution is -2.40. The van der Waals surface area contributed by atoms with Crippen LogP contribution in [0.25, 0.3) is 0 Å². The van der Waals surface area contributed by atoms with E-state index in [0.717, 1.165) is 5.06 Å². The Hall–Kier alpha value is -1.39. The number of halogens is 1. The van der Waals surface area contributed by atoms with Gasteiger partial charge in [0.05, 0.1) is 17.1 Å². The SMILES string of the molecule is O=C1CON(c2ccccc2Cl)C(=O)C1. The minimum Gasteiger partial charge on any atom is -0.296 e. The Bertz CT molecular complexity index is 419. The maximum atomic E-state index is 11.5. The second-order valence-corrected chi connectivity index (χ2v) is 3.54. The molecule has 2 rings (SSSR count). The fraction of sp³-hybridized carbons (Fsp3) is 0.200. The molecule has 0 aromatic heterocycles. The predicted molar refractivity (Wildman–Crippen MR) is 54.5 cm³/mol. The highest BCUT2D eigenvalue weighted by atomic mass is 35.5. The van der Waals surface area contributed by atoms with E-state index in [-0.39, 0.29) is 24.7 Å². The fourth-order valence-corrected chi connectivity index (χ4v) is 1.53. The number of hydrogen-bond donors (Lipinski definition) is 0. The topological polar surface area (TPSA) is 46.6 Å². The number of carbonyl (C=O) groups excluding carboxylic acids is 2. The number of hydroxylamine groups is 1. The lowest BCUT2D eigenvalue weighted by atomic mass is 10.2. The van der Waals surface area contributed by atoms with Gasteiger partial charge in [-0.25, -0.2) is 0 Å². The van der Waals surface area contributed by atoms with Gasteiger partial charge in [0.1, 0.15) is 6.61 Å². The molecule has 5 heteroatoms. The molecule has 4 nitrogen and oxygen atoms in total. The highest BCUT2D eigenvalue weighted by molar-refractivity contribution is 6.33. The molecule has 0 N–H and O–H groups in total. The number of rotatable bonds is 1. The zero-order valence-electron chi connectivity index (χ0n) is 7.77. The summed E-state index contributed by atoms with van der Waals surface area (Å²) in [6.07, 6.45) is -0.134. The second-order valence-electron chi connectivity index (χ2n) is 3.13. The Morgan fingerprint density at radius 1 is 1.27 bits per heavy atom. The summed E-state index contributed by atoms with van der Waals surface area (Å²) in [6.45, 7) is -0.0863. The van der Waals surface area contributed by atoms with Crippen LogP contribution in [-0.4, -0.2) is 18.3 Å². The van der Waals surface area contributed by atoms with Gasteiger partial charge >= 0.3 is 0 Å². The fourth-order valence-electron chi connectivity index (χ4n) is 1.32. The van der Waals surface area contributed by atoms with Gasteiger partial charge in [-0.1, -0.05) is 23.7 Å². The third-order valence-corrected chi connectivity index (χ3v) is 2.32. The molecule has 1 aliphatic heterocycles. The summed E-state index contributed by atoms with van der Waals surface area (Å²) in [6, 6.07) is 6.82. The number of anilines is 1. The standard InChI is InChI=1S/C10H8ClNO3/c11-8-3-1-2-4-9(8)12-10(14)5-7(13)6-15-12/h1-4H,5-6H2. The van der Waals surface area contributed by atoms with Crippen LogP contribution in [-0.2, 0) is 14.4 Å². The largest absolute Gasteiger partial charge is 0.296 e. The monoisotopic (exact) mass is 225 g/mol. The molecule has 0 saturated carbocycles. The van der Waals surface area contributed by atoms with Gasteiger partial charge in [-0.3, -0.25) is 14.4 Å². The Morgan fingerprint density at radius 2 is 2.00 bits per heavy atom. The van der Waals surface area contributed by atoms with E-state index in [1.54, 1.807) is 24.3 Å². The van der Waals surface area contributed by atoms with Crippen molar-refractivity contribution in [2.75, 3.05) is 11.7 Å². The van der Waals surface area contributed by atoms with Crippen molar-refractivity contribution in [3.05, 3.63) is 29.3 Å². The molecule has 0 unspecified atom stereocenters. The Balaban J connectivity index is 2.28. The zero-order valence-corrected chi connectivity index (χ0v) is 8.53. The van der Waals surface area contributed by atoms with Crippen LogP contribution in [0.2, 0.25) is 5.02 Å². The molecule has 0 spiro atoms. The first-order chi connectivity index (χ1) is 7.18. The number of nitrogens with zero attached hydrogens (tertiary/aromatic N) is 1. The molecule has 1 amide bonds. The maximum absolute atomic E-state index is 11.5. The van der Waals surface area contributed by atoms with E-state index >= 15 is 0 Å². The molecular weight excluding hydrogens is 218 g/mol. The highest BCUT2D eigenvalue weighted by Gasteiger charge is 2.27. The summed E-state index contributed by atoms with van der Waals surface area (Å²) >= 11 is 5.90. The Kier molecular flexibility index (Phi) is 2.70. The van der Waals surface area contributed by atoms with Gasteiger partial charge in [0.15, 0.2) is 5.78 Å². The minimum atomic E-state index is -0.389. The zero-order chi connectivity index (χ0) is 10.8. The molecular formula is C10H8ClNO3. The smallest absolute Gasteiger partial charge is 0.258 e. The van der Waals surface area contributed by atoms with Crippen molar-refractivity contribution in [3.63, 3.8) is 0 Å². The van der Waals surface area contributed by atoms with Crippen LogP contribution < -0.4 is 5.06 Å². The van der Waals surface area contributed by atoms with Gasteiger partial charge in [0.2, 0.25) is 0 Å². The third-order valence-electron chi connectivity index (χ3n) is 2.00. The van der Waals surface area contributed by atoms with Crippen molar-refractivity contribution < 1.29 is 14.4 Å². The van der Waals surface area contributed by atoms with Crippen molar-refractivity contribution in [2.45, 2.75) is 6.42 Å². The van der Waals surface area contributed by atoms with Crippen LogP contribution in [0, 0.1) is 0 Å². The summed E-state index contributed by atoms with van der Waals surface area (Å²) in [5, 5.41) is 1.49. The highest BCUT2D eigenvalue weighted by Crippen LogP contribution is 2.27. The van der Waals surface area contributed by atoms with Crippen LogP contribution >= 0.6 is 11.6 Å². The van der Waals surface area contributed by atoms with Crippen molar-refractivity contribution in [1.29, 1.82) is 0 Å². The van der Waals surface area contributed by atoms with Crippen LogP contribution in [0.1, 0.15) is 6.42 Å². The lowest BCUT2D eigenvalue weighted by molar-refractivity contribution is -0.141. The number of amides is 1. The summed E-state index contributed by atoms with van der Waals surface area (Å²) in [5.74, 6) is -0.609. The maximum Gasteiger partial charge on any atom is 0.258 e. The first-order valence-electron chi connectivity index (χ1n) is 4.40. The molecule has 1 aliphatic rings. The van der Waals surface area contributed by atoms with Gasteiger partial charge in [0, 0.05) is 0 Å². The third kappa shape index (κ3) is 2.00. The molecule has 1 fully saturated rings. The second kappa shape index (κ2) is 4.00. The predicted octanol–water partition coefficient (Wildman–Crippen LogP) is 1.58. The van der Waals surface area contributed by atoms with E-state index in [1.807, 2.05) is 0 Å². The van der Waals surface area contributed by atoms with E-state index in [0.29, 0.717) is 10.7 Å². The summed E-state index contributed by atoms with van der Waals surface area (Å²) in [7, 11) is 0. The van der Waals surface area contributed by atoms with Crippen LogP contribution in [0.4, 0.5) is 5.69 Å². The Morgan fingerprint density at radius 3 is 2.67 bits per heavy atom. The molecule has 0 bridgehead atoms. The lowest BCUT2D eigenvalue weighted by Gasteiger charge is -2.25. The summed E-state index contributed by atoms with van der Waals surface area (Å²) < 4.78 is 0. The molecule has 1 aromatic rings. The van der Waals surface area contributed by atoms with Crippen molar-refractivity contribution in [1.82, 2.24) is 0 Å². The first kappa shape index (κ1) is 10.1. The minimum absolute atomic E-state index is 0.0863. The molecule has 1 aromatic carbocycles. The summed E-state index contributed by atoms with van der Waals surface area (Å²) in [5.41, 5.74) is 0.469. The van der Waals surface area contributed by atoms with E-state index in [1.165, 1.54) is 0 Å². The van der Waals surface area contributed by atoms with Gasteiger partial charge in [-0.2, -0.15) is 5.06 Å². The molecule has 0 atom stereocenters. The van der Waals surface area contributed by atoms with Gasteiger partial charge in [0.25, 0.3) is 5.91 Å². The van der Waals surface area contributed by atoms with Crippen molar-refractivity contribution in [3.8, 4) is 0 Å². The first-order valence-corrected chi connectivity index (χ1v) is 4.78. The Labute approximate surface area is 91.3 Å². The number of ketones is 1. The van der Waals surface area contributed by atoms with Gasteiger partial charge in [-0.15, -0.1) is 0 Å².